The van der Waals surface area contributed by atoms with Crippen molar-refractivity contribution in [2.75, 3.05) is 11.9 Å². The number of nitrogens with one attached hydrogen (secondary N) is 1. The summed E-state index contributed by atoms with van der Waals surface area (Å²) in [5.74, 6) is 0.191. The third-order valence-corrected chi connectivity index (χ3v) is 2.44. The summed E-state index contributed by atoms with van der Waals surface area (Å²) >= 11 is 0. The molecule has 0 unspecified atom stereocenters. The van der Waals surface area contributed by atoms with Crippen LogP contribution in [0.5, 0.6) is 5.75 Å². The number of unbranched alkanes of at least 4 members (excludes halogenated alkanes) is 3. The highest BCUT2D eigenvalue weighted by Crippen LogP contribution is 2.17. The first-order valence-corrected chi connectivity index (χ1v) is 6.01. The van der Waals surface area contributed by atoms with Gasteiger partial charge in [0.15, 0.2) is 0 Å². The molecule has 0 aliphatic carbocycles. The zero-order valence-electron chi connectivity index (χ0n) is 10.1. The second-order valence-electron chi connectivity index (χ2n) is 3.89. The maximum atomic E-state index is 11.9. The minimum absolute atomic E-state index is 0.191. The second kappa shape index (κ2) is 7.87. The third kappa shape index (κ3) is 6.09. The molecule has 0 spiro atoms. The van der Waals surface area contributed by atoms with E-state index in [2.05, 4.69) is 17.0 Å². The SMILES string of the molecule is CCCCCCNc1ccc(OC(F)F)cc1. The molecule has 0 aliphatic heterocycles. The number of hydrogen-bond acceptors (Lipinski definition) is 2. The Morgan fingerprint density at radius 1 is 1.12 bits per heavy atom. The molecule has 0 amide bonds. The fourth-order valence-corrected chi connectivity index (χ4v) is 1.54. The standard InChI is InChI=1S/C13H19F2NO/c1-2-3-4-5-10-16-11-6-8-12(9-7-11)17-13(14)15/h6-9,13,16H,2-5,10H2,1H3. The quantitative estimate of drug-likeness (QED) is 0.688. The summed E-state index contributed by atoms with van der Waals surface area (Å²) in [6.45, 7) is 0.326. The van der Waals surface area contributed by atoms with Crippen molar-refractivity contribution in [3.63, 3.8) is 0 Å². The van der Waals surface area contributed by atoms with Gasteiger partial charge in [0.05, 0.1) is 0 Å². The van der Waals surface area contributed by atoms with Crippen LogP contribution in [-0.2, 0) is 0 Å². The van der Waals surface area contributed by atoms with Gasteiger partial charge in [0, 0.05) is 12.2 Å². The zero-order valence-corrected chi connectivity index (χ0v) is 10.1. The van der Waals surface area contributed by atoms with Gasteiger partial charge in [-0.15, -0.1) is 0 Å². The Bertz CT molecular complexity index is 301. The predicted octanol–water partition coefficient (Wildman–Crippen LogP) is 4.28. The van der Waals surface area contributed by atoms with Crippen LogP contribution in [0.15, 0.2) is 24.3 Å². The van der Waals surface area contributed by atoms with Crippen LogP contribution in [0.2, 0.25) is 0 Å². The van der Waals surface area contributed by atoms with Gasteiger partial charge in [-0.25, -0.2) is 0 Å². The number of hydrogen-bond donors (Lipinski definition) is 1. The molecule has 0 radical (unpaired) electrons. The summed E-state index contributed by atoms with van der Waals surface area (Å²) in [6.07, 6.45) is 4.82. The summed E-state index contributed by atoms with van der Waals surface area (Å²) in [4.78, 5) is 0. The summed E-state index contributed by atoms with van der Waals surface area (Å²) < 4.78 is 28.1. The Labute approximate surface area is 101 Å². The molecular weight excluding hydrogens is 224 g/mol. The number of benzene rings is 1. The van der Waals surface area contributed by atoms with Gasteiger partial charge in [-0.05, 0) is 30.7 Å². The molecule has 1 rings (SSSR count). The van der Waals surface area contributed by atoms with E-state index in [1.165, 1.54) is 19.3 Å². The molecule has 0 aromatic heterocycles. The van der Waals surface area contributed by atoms with Gasteiger partial charge in [-0.3, -0.25) is 0 Å². The minimum atomic E-state index is -2.76. The van der Waals surface area contributed by atoms with Gasteiger partial charge in [0.2, 0.25) is 0 Å². The largest absolute Gasteiger partial charge is 0.435 e. The number of alkyl halides is 2. The van der Waals surface area contributed by atoms with Crippen molar-refractivity contribution in [1.82, 2.24) is 0 Å². The third-order valence-electron chi connectivity index (χ3n) is 2.44. The van der Waals surface area contributed by atoms with E-state index >= 15 is 0 Å². The van der Waals surface area contributed by atoms with Crippen molar-refractivity contribution in [3.05, 3.63) is 24.3 Å². The van der Waals surface area contributed by atoms with Crippen molar-refractivity contribution in [2.24, 2.45) is 0 Å². The van der Waals surface area contributed by atoms with E-state index in [-0.39, 0.29) is 5.75 Å². The molecule has 17 heavy (non-hydrogen) atoms. The minimum Gasteiger partial charge on any atom is -0.435 e. The molecule has 0 atom stereocenters. The van der Waals surface area contributed by atoms with Crippen LogP contribution in [0.4, 0.5) is 14.5 Å². The molecule has 0 fully saturated rings. The molecular formula is C13H19F2NO. The number of rotatable bonds is 8. The Kier molecular flexibility index (Phi) is 6.37. The summed E-state index contributed by atoms with van der Waals surface area (Å²) in [5, 5.41) is 3.24. The molecule has 0 saturated carbocycles. The summed E-state index contributed by atoms with van der Waals surface area (Å²) in [7, 11) is 0. The number of halogens is 2. The van der Waals surface area contributed by atoms with E-state index < -0.39 is 6.61 Å². The van der Waals surface area contributed by atoms with Crippen LogP contribution < -0.4 is 10.1 Å². The normalized spacial score (nSPS) is 10.6. The molecule has 0 saturated heterocycles. The van der Waals surface area contributed by atoms with Gasteiger partial charge in [-0.2, -0.15) is 8.78 Å². The van der Waals surface area contributed by atoms with Crippen molar-refractivity contribution in [2.45, 2.75) is 39.2 Å². The zero-order chi connectivity index (χ0) is 12.5. The van der Waals surface area contributed by atoms with Crippen LogP contribution in [-0.4, -0.2) is 13.2 Å². The van der Waals surface area contributed by atoms with E-state index in [4.69, 9.17) is 0 Å². The fraction of sp³-hybridized carbons (Fsp3) is 0.538. The molecule has 0 heterocycles. The van der Waals surface area contributed by atoms with Crippen LogP contribution in [0.25, 0.3) is 0 Å². The first-order valence-electron chi connectivity index (χ1n) is 6.01. The van der Waals surface area contributed by atoms with Crippen molar-refractivity contribution >= 4 is 5.69 Å². The Balaban J connectivity index is 2.25. The first kappa shape index (κ1) is 13.7. The topological polar surface area (TPSA) is 21.3 Å². The Morgan fingerprint density at radius 3 is 2.41 bits per heavy atom. The van der Waals surface area contributed by atoms with Crippen molar-refractivity contribution in [3.8, 4) is 5.75 Å². The highest BCUT2D eigenvalue weighted by Gasteiger charge is 2.03. The second-order valence-corrected chi connectivity index (χ2v) is 3.89. The van der Waals surface area contributed by atoms with E-state index in [0.717, 1.165) is 18.7 Å². The van der Waals surface area contributed by atoms with Crippen LogP contribution in [0, 0.1) is 0 Å². The first-order chi connectivity index (χ1) is 8.22. The molecule has 4 heteroatoms. The van der Waals surface area contributed by atoms with Gasteiger partial charge in [0.1, 0.15) is 5.75 Å². The van der Waals surface area contributed by atoms with Crippen LogP contribution in [0.3, 0.4) is 0 Å². The van der Waals surface area contributed by atoms with Crippen molar-refractivity contribution < 1.29 is 13.5 Å². The smallest absolute Gasteiger partial charge is 0.387 e. The predicted molar refractivity (Wildman–Crippen MR) is 65.7 cm³/mol. The number of anilines is 1. The molecule has 2 nitrogen and oxygen atoms in total. The molecule has 1 N–H and O–H groups in total. The maximum absolute atomic E-state index is 11.9. The lowest BCUT2D eigenvalue weighted by molar-refractivity contribution is -0.0498. The molecule has 1 aromatic carbocycles. The van der Waals surface area contributed by atoms with E-state index in [9.17, 15) is 8.78 Å². The lowest BCUT2D eigenvalue weighted by Crippen LogP contribution is -2.03. The number of ether oxygens (including phenoxy) is 1. The summed E-state index contributed by atoms with van der Waals surface area (Å²) in [6, 6.07) is 6.58. The average molecular weight is 243 g/mol. The van der Waals surface area contributed by atoms with E-state index in [1.807, 2.05) is 0 Å². The molecule has 0 bridgehead atoms. The fourth-order valence-electron chi connectivity index (χ4n) is 1.54. The van der Waals surface area contributed by atoms with Crippen LogP contribution in [0.1, 0.15) is 32.6 Å². The monoisotopic (exact) mass is 243 g/mol. The summed E-state index contributed by atoms with van der Waals surface area (Å²) in [5.41, 5.74) is 0.933. The van der Waals surface area contributed by atoms with Gasteiger partial charge in [0.25, 0.3) is 0 Å². The highest BCUT2D eigenvalue weighted by molar-refractivity contribution is 5.46. The average Bonchev–Trinajstić information content (AvgIpc) is 2.30. The molecule has 0 aliphatic rings. The Morgan fingerprint density at radius 2 is 1.82 bits per heavy atom. The highest BCUT2D eigenvalue weighted by atomic mass is 19.3. The van der Waals surface area contributed by atoms with Gasteiger partial charge >= 0.3 is 6.61 Å². The van der Waals surface area contributed by atoms with Crippen LogP contribution >= 0.6 is 0 Å². The molecule has 1 aromatic rings. The molecule has 96 valence electrons. The van der Waals surface area contributed by atoms with E-state index in [1.54, 1.807) is 24.3 Å². The van der Waals surface area contributed by atoms with Gasteiger partial charge in [-0.1, -0.05) is 26.2 Å². The lowest BCUT2D eigenvalue weighted by atomic mass is 10.2. The van der Waals surface area contributed by atoms with Gasteiger partial charge < -0.3 is 10.1 Å². The lowest BCUT2D eigenvalue weighted by Gasteiger charge is -2.08. The van der Waals surface area contributed by atoms with E-state index in [0.29, 0.717) is 0 Å². The maximum Gasteiger partial charge on any atom is 0.387 e. The Hall–Kier alpha value is -1.32. The van der Waals surface area contributed by atoms with Crippen molar-refractivity contribution in [1.29, 1.82) is 0 Å².